The number of carbonyl (C=O) groups excluding carboxylic acids is 1. The summed E-state index contributed by atoms with van der Waals surface area (Å²) in [6, 6.07) is 1.88. The number of aromatic carboxylic acids is 1. The van der Waals surface area contributed by atoms with Crippen molar-refractivity contribution in [2.45, 2.75) is 12.3 Å². The first-order valence-corrected chi connectivity index (χ1v) is 5.06. The fourth-order valence-electron chi connectivity index (χ4n) is 1.24. The Morgan fingerprint density at radius 2 is 1.90 bits per heavy atom. The summed E-state index contributed by atoms with van der Waals surface area (Å²) in [5, 5.41) is 20.6. The Balaban J connectivity index is 3.17. The molecule has 0 aliphatic carbocycles. The average Bonchev–Trinajstić information content (AvgIpc) is 2.38. The van der Waals surface area contributed by atoms with Crippen LogP contribution >= 0.6 is 0 Å². The smallest absolute Gasteiger partial charge is 0.383 e. The van der Waals surface area contributed by atoms with E-state index in [1.54, 1.807) is 0 Å². The van der Waals surface area contributed by atoms with Crippen molar-refractivity contribution in [2.24, 2.45) is 0 Å². The van der Waals surface area contributed by atoms with Crippen molar-refractivity contribution in [1.29, 1.82) is 0 Å². The standard InChI is InChI=1S/C10H6F4N2O5/c11-8(12)10(13,14)9(19)15-6-2-1-4(16(20)21)3-5(6)7(17)18/h1-3,8H,(H,15,19)(H,17,18). The third kappa shape index (κ3) is 3.43. The Morgan fingerprint density at radius 1 is 1.33 bits per heavy atom. The molecule has 0 atom stereocenters. The van der Waals surface area contributed by atoms with Gasteiger partial charge < -0.3 is 10.4 Å². The number of nitro benzene ring substituents is 1. The van der Waals surface area contributed by atoms with Crippen LogP contribution in [0.25, 0.3) is 0 Å². The summed E-state index contributed by atoms with van der Waals surface area (Å²) in [5.74, 6) is -9.22. The summed E-state index contributed by atoms with van der Waals surface area (Å²) in [6.45, 7) is 0. The van der Waals surface area contributed by atoms with Gasteiger partial charge >= 0.3 is 24.2 Å². The fourth-order valence-corrected chi connectivity index (χ4v) is 1.24. The van der Waals surface area contributed by atoms with E-state index in [1.165, 1.54) is 5.32 Å². The van der Waals surface area contributed by atoms with Crippen molar-refractivity contribution in [3.8, 4) is 0 Å². The quantitative estimate of drug-likeness (QED) is 0.492. The van der Waals surface area contributed by atoms with E-state index in [2.05, 4.69) is 0 Å². The zero-order valence-corrected chi connectivity index (χ0v) is 9.85. The van der Waals surface area contributed by atoms with Crippen LogP contribution in [0.4, 0.5) is 28.9 Å². The Morgan fingerprint density at radius 3 is 2.33 bits per heavy atom. The second-order valence-corrected chi connectivity index (χ2v) is 3.67. The van der Waals surface area contributed by atoms with Crippen LogP contribution in [-0.4, -0.2) is 34.3 Å². The number of rotatable bonds is 5. The van der Waals surface area contributed by atoms with Crippen molar-refractivity contribution in [3.05, 3.63) is 33.9 Å². The van der Waals surface area contributed by atoms with Crippen molar-refractivity contribution in [2.75, 3.05) is 5.32 Å². The molecule has 1 rings (SSSR count). The number of alkyl halides is 4. The molecular weight excluding hydrogens is 304 g/mol. The van der Waals surface area contributed by atoms with Gasteiger partial charge in [0.25, 0.3) is 5.69 Å². The highest BCUT2D eigenvalue weighted by Gasteiger charge is 2.49. The Labute approximate surface area is 113 Å². The fraction of sp³-hybridized carbons (Fsp3) is 0.200. The number of carbonyl (C=O) groups is 2. The van der Waals surface area contributed by atoms with E-state index >= 15 is 0 Å². The van der Waals surface area contributed by atoms with Gasteiger partial charge in [0, 0.05) is 12.1 Å². The molecule has 0 aliphatic rings. The van der Waals surface area contributed by atoms with Gasteiger partial charge in [-0.3, -0.25) is 14.9 Å². The van der Waals surface area contributed by atoms with Crippen LogP contribution in [-0.2, 0) is 4.79 Å². The monoisotopic (exact) mass is 310 g/mol. The maximum absolute atomic E-state index is 12.7. The number of non-ortho nitro benzene ring substituents is 1. The zero-order chi connectivity index (χ0) is 16.4. The summed E-state index contributed by atoms with van der Waals surface area (Å²) in [5.41, 5.74) is -2.33. The van der Waals surface area contributed by atoms with Crippen LogP contribution in [0.3, 0.4) is 0 Å². The van der Waals surface area contributed by atoms with Crippen molar-refractivity contribution in [3.63, 3.8) is 0 Å². The highest BCUT2D eigenvalue weighted by Crippen LogP contribution is 2.27. The van der Waals surface area contributed by atoms with Crippen LogP contribution in [0.15, 0.2) is 18.2 Å². The number of amides is 1. The zero-order valence-electron chi connectivity index (χ0n) is 9.85. The third-order valence-corrected chi connectivity index (χ3v) is 2.27. The number of hydrogen-bond donors (Lipinski definition) is 2. The van der Waals surface area contributed by atoms with Gasteiger partial charge in [0.15, 0.2) is 0 Å². The number of nitro groups is 1. The topological polar surface area (TPSA) is 110 Å². The van der Waals surface area contributed by atoms with Crippen LogP contribution in [0.2, 0.25) is 0 Å². The van der Waals surface area contributed by atoms with Crippen molar-refractivity contribution in [1.82, 2.24) is 0 Å². The number of halogens is 4. The van der Waals surface area contributed by atoms with E-state index in [9.17, 15) is 37.3 Å². The normalized spacial score (nSPS) is 11.3. The lowest BCUT2D eigenvalue weighted by molar-refractivity contribution is -0.384. The van der Waals surface area contributed by atoms with Crippen LogP contribution in [0, 0.1) is 10.1 Å². The maximum atomic E-state index is 12.7. The number of nitrogens with zero attached hydrogens (tertiary/aromatic N) is 1. The minimum Gasteiger partial charge on any atom is -0.478 e. The highest BCUT2D eigenvalue weighted by molar-refractivity contribution is 6.03. The largest absolute Gasteiger partial charge is 0.478 e. The third-order valence-electron chi connectivity index (χ3n) is 2.27. The second-order valence-electron chi connectivity index (χ2n) is 3.67. The van der Waals surface area contributed by atoms with Gasteiger partial charge in [0.1, 0.15) is 0 Å². The summed E-state index contributed by atoms with van der Waals surface area (Å²) < 4.78 is 49.5. The van der Waals surface area contributed by atoms with Crippen LogP contribution in [0.1, 0.15) is 10.4 Å². The molecule has 114 valence electrons. The molecule has 21 heavy (non-hydrogen) atoms. The van der Waals surface area contributed by atoms with Gasteiger partial charge in [0.05, 0.1) is 16.2 Å². The molecule has 1 amide bonds. The summed E-state index contributed by atoms with van der Waals surface area (Å²) >= 11 is 0. The molecular formula is C10H6F4N2O5. The maximum Gasteiger partial charge on any atom is 0.383 e. The molecule has 0 radical (unpaired) electrons. The summed E-state index contributed by atoms with van der Waals surface area (Å²) in [7, 11) is 0. The number of hydrogen-bond acceptors (Lipinski definition) is 4. The van der Waals surface area contributed by atoms with E-state index in [0.717, 1.165) is 6.07 Å². The average molecular weight is 310 g/mol. The first-order valence-electron chi connectivity index (χ1n) is 5.06. The number of nitrogens with one attached hydrogen (secondary N) is 1. The highest BCUT2D eigenvalue weighted by atomic mass is 19.3. The molecule has 11 heteroatoms. The molecule has 1 aromatic carbocycles. The molecule has 1 aromatic rings. The van der Waals surface area contributed by atoms with Crippen LogP contribution in [0.5, 0.6) is 0 Å². The number of carboxylic acids is 1. The molecule has 0 saturated carbocycles. The molecule has 0 aliphatic heterocycles. The van der Waals surface area contributed by atoms with Gasteiger partial charge in [-0.2, -0.15) is 8.78 Å². The lowest BCUT2D eigenvalue weighted by Crippen LogP contribution is -2.41. The second kappa shape index (κ2) is 5.73. The van der Waals surface area contributed by atoms with E-state index in [1.807, 2.05) is 0 Å². The molecule has 0 aromatic heterocycles. The van der Waals surface area contributed by atoms with Gasteiger partial charge in [-0.05, 0) is 6.07 Å². The Kier molecular flexibility index (Phi) is 4.45. The van der Waals surface area contributed by atoms with Crippen molar-refractivity contribution >= 4 is 23.3 Å². The lowest BCUT2D eigenvalue weighted by Gasteiger charge is -2.15. The Bertz CT molecular complexity index is 605. The van der Waals surface area contributed by atoms with E-state index in [0.29, 0.717) is 12.1 Å². The molecule has 0 spiro atoms. The molecule has 0 fully saturated rings. The molecule has 2 N–H and O–H groups in total. The minimum atomic E-state index is -5.03. The Hall–Kier alpha value is -2.72. The summed E-state index contributed by atoms with van der Waals surface area (Å²) in [6.07, 6.45) is -4.29. The molecule has 0 unspecified atom stereocenters. The van der Waals surface area contributed by atoms with Crippen molar-refractivity contribution < 1.29 is 37.2 Å². The molecule has 0 bridgehead atoms. The number of carboxylic acid groups (broad SMARTS) is 1. The van der Waals surface area contributed by atoms with E-state index in [-0.39, 0.29) is 0 Å². The van der Waals surface area contributed by atoms with Gasteiger partial charge in [-0.1, -0.05) is 0 Å². The minimum absolute atomic E-state index is 0.498. The summed E-state index contributed by atoms with van der Waals surface area (Å²) in [4.78, 5) is 31.4. The van der Waals surface area contributed by atoms with E-state index in [4.69, 9.17) is 5.11 Å². The predicted octanol–water partition coefficient (Wildman–Crippen LogP) is 2.13. The predicted molar refractivity (Wildman–Crippen MR) is 59.6 cm³/mol. The number of benzene rings is 1. The SMILES string of the molecule is O=C(O)c1cc([N+](=O)[O-])ccc1NC(=O)C(F)(F)C(F)F. The number of anilines is 1. The molecule has 7 nitrogen and oxygen atoms in total. The van der Waals surface area contributed by atoms with E-state index < -0.39 is 46.1 Å². The molecule has 0 heterocycles. The van der Waals surface area contributed by atoms with Gasteiger partial charge in [-0.25, -0.2) is 13.6 Å². The van der Waals surface area contributed by atoms with Gasteiger partial charge in [-0.15, -0.1) is 0 Å². The first kappa shape index (κ1) is 16.3. The molecule has 0 saturated heterocycles. The lowest BCUT2D eigenvalue weighted by atomic mass is 10.1. The van der Waals surface area contributed by atoms with Gasteiger partial charge in [0.2, 0.25) is 0 Å². The first-order chi connectivity index (χ1) is 9.57. The van der Waals surface area contributed by atoms with Crippen LogP contribution < -0.4 is 5.32 Å².